The van der Waals surface area contributed by atoms with Gasteiger partial charge >= 0.3 is 0 Å². The summed E-state index contributed by atoms with van der Waals surface area (Å²) in [6, 6.07) is 21.3. The first kappa shape index (κ1) is 20.6. The summed E-state index contributed by atoms with van der Waals surface area (Å²) in [5.41, 5.74) is 4.71. The summed E-state index contributed by atoms with van der Waals surface area (Å²) >= 11 is 6.40. The third-order valence-electron chi connectivity index (χ3n) is 6.21. The lowest BCUT2D eigenvalue weighted by atomic mass is 9.84. The van der Waals surface area contributed by atoms with Gasteiger partial charge in [0.2, 0.25) is 5.95 Å². The van der Waals surface area contributed by atoms with E-state index in [1.807, 2.05) is 59.3 Å². The summed E-state index contributed by atoms with van der Waals surface area (Å²) in [5.74, 6) is 2.75. The lowest BCUT2D eigenvalue weighted by molar-refractivity contribution is 0.217. The van der Waals surface area contributed by atoms with Crippen LogP contribution in [0.3, 0.4) is 0 Å². The molecule has 7 nitrogen and oxygen atoms in total. The largest absolute Gasteiger partial charge is 0.497 e. The van der Waals surface area contributed by atoms with Crippen LogP contribution in [0.15, 0.2) is 78.6 Å². The fourth-order valence-corrected chi connectivity index (χ4v) is 4.86. The Kier molecular flexibility index (Phi) is 4.92. The van der Waals surface area contributed by atoms with Gasteiger partial charge in [0.15, 0.2) is 6.10 Å². The molecule has 6 rings (SSSR count). The number of benzene rings is 3. The van der Waals surface area contributed by atoms with Crippen molar-refractivity contribution < 1.29 is 14.2 Å². The molecule has 1 aromatic heterocycles. The molecule has 2 atom stereocenters. The van der Waals surface area contributed by atoms with Gasteiger partial charge in [-0.1, -0.05) is 41.9 Å². The molecule has 0 spiro atoms. The molecule has 3 aromatic carbocycles. The van der Waals surface area contributed by atoms with Gasteiger partial charge in [-0.2, -0.15) is 10.1 Å². The maximum atomic E-state index is 6.66. The molecule has 2 aliphatic rings. The maximum absolute atomic E-state index is 6.66. The first-order valence-corrected chi connectivity index (χ1v) is 11.2. The molecule has 0 saturated heterocycles. The molecule has 4 aromatic rings. The lowest BCUT2D eigenvalue weighted by Gasteiger charge is -2.39. The first-order chi connectivity index (χ1) is 16.7. The zero-order chi connectivity index (χ0) is 23.2. The molecular formula is C26H21ClN4O3. The summed E-state index contributed by atoms with van der Waals surface area (Å²) in [6.45, 7) is 0. The van der Waals surface area contributed by atoms with Crippen molar-refractivity contribution >= 4 is 23.2 Å². The topological polar surface area (TPSA) is 70.4 Å². The summed E-state index contributed by atoms with van der Waals surface area (Å²) in [7, 11) is 3.28. The SMILES string of the molecule is COc1ccc(C2Oc3ccc(Cl)cc3C3=C2C(c2ccccc2)n2ncnc2N3)c(OC)c1. The molecule has 0 aliphatic carbocycles. The van der Waals surface area contributed by atoms with Gasteiger partial charge in [0.25, 0.3) is 0 Å². The third kappa shape index (κ3) is 3.20. The van der Waals surface area contributed by atoms with E-state index in [2.05, 4.69) is 27.5 Å². The van der Waals surface area contributed by atoms with Crippen molar-refractivity contribution in [2.24, 2.45) is 0 Å². The third-order valence-corrected chi connectivity index (χ3v) is 6.45. The van der Waals surface area contributed by atoms with Crippen LogP contribution < -0.4 is 19.5 Å². The summed E-state index contributed by atoms with van der Waals surface area (Å²) in [5, 5.41) is 8.66. The van der Waals surface area contributed by atoms with Crippen LogP contribution in [0.5, 0.6) is 17.2 Å². The second-order valence-electron chi connectivity index (χ2n) is 8.04. The van der Waals surface area contributed by atoms with E-state index < -0.39 is 6.10 Å². The Balaban J connectivity index is 1.64. The minimum Gasteiger partial charge on any atom is -0.497 e. The normalized spacial score (nSPS) is 18.2. The van der Waals surface area contributed by atoms with E-state index in [9.17, 15) is 0 Å². The van der Waals surface area contributed by atoms with Gasteiger partial charge in [0, 0.05) is 27.8 Å². The van der Waals surface area contributed by atoms with Gasteiger partial charge < -0.3 is 19.5 Å². The Morgan fingerprint density at radius 3 is 2.65 bits per heavy atom. The summed E-state index contributed by atoms with van der Waals surface area (Å²) in [6.07, 6.45) is 1.10. The Hall–Kier alpha value is -3.97. The maximum Gasteiger partial charge on any atom is 0.226 e. The smallest absolute Gasteiger partial charge is 0.226 e. The molecular weight excluding hydrogens is 452 g/mol. The highest BCUT2D eigenvalue weighted by Crippen LogP contribution is 2.52. The number of ether oxygens (including phenoxy) is 3. The molecule has 2 aliphatic heterocycles. The predicted octanol–water partition coefficient (Wildman–Crippen LogP) is 5.51. The number of nitrogens with zero attached hydrogens (tertiary/aromatic N) is 3. The van der Waals surface area contributed by atoms with Crippen LogP contribution >= 0.6 is 11.6 Å². The van der Waals surface area contributed by atoms with Crippen molar-refractivity contribution in [3.05, 3.63) is 100 Å². The van der Waals surface area contributed by atoms with Crippen molar-refractivity contribution in [3.8, 4) is 17.2 Å². The Bertz CT molecular complexity index is 1420. The predicted molar refractivity (Wildman–Crippen MR) is 130 cm³/mol. The molecule has 2 unspecified atom stereocenters. The van der Waals surface area contributed by atoms with Crippen molar-refractivity contribution in [2.75, 3.05) is 19.5 Å². The lowest BCUT2D eigenvalue weighted by Crippen LogP contribution is -2.32. The van der Waals surface area contributed by atoms with Gasteiger partial charge in [-0.25, -0.2) is 4.68 Å². The van der Waals surface area contributed by atoms with E-state index in [1.54, 1.807) is 20.5 Å². The molecule has 0 fully saturated rings. The number of anilines is 1. The average molecular weight is 473 g/mol. The van der Waals surface area contributed by atoms with E-state index in [0.717, 1.165) is 33.7 Å². The van der Waals surface area contributed by atoms with Gasteiger partial charge in [-0.15, -0.1) is 0 Å². The van der Waals surface area contributed by atoms with Gasteiger partial charge in [0.05, 0.1) is 19.9 Å². The molecule has 0 saturated carbocycles. The van der Waals surface area contributed by atoms with Crippen LogP contribution in [-0.2, 0) is 0 Å². The fourth-order valence-electron chi connectivity index (χ4n) is 4.69. The molecule has 0 radical (unpaired) electrons. The Labute approximate surface area is 201 Å². The van der Waals surface area contributed by atoms with Crippen LogP contribution in [0.4, 0.5) is 5.95 Å². The second kappa shape index (κ2) is 8.11. The van der Waals surface area contributed by atoms with Crippen LogP contribution in [0, 0.1) is 0 Å². The molecule has 1 N–H and O–H groups in total. The highest BCUT2D eigenvalue weighted by Gasteiger charge is 2.42. The summed E-state index contributed by atoms with van der Waals surface area (Å²) < 4.78 is 19.7. The van der Waals surface area contributed by atoms with Gasteiger partial charge in [-0.05, 0) is 35.9 Å². The van der Waals surface area contributed by atoms with Crippen molar-refractivity contribution in [1.29, 1.82) is 0 Å². The second-order valence-corrected chi connectivity index (χ2v) is 8.48. The molecule has 3 heterocycles. The number of aromatic nitrogens is 3. The Morgan fingerprint density at radius 2 is 1.85 bits per heavy atom. The number of halogens is 1. The minimum atomic E-state index is -0.459. The van der Waals surface area contributed by atoms with Crippen LogP contribution in [0.25, 0.3) is 5.70 Å². The fraction of sp³-hybridized carbons (Fsp3) is 0.154. The first-order valence-electron chi connectivity index (χ1n) is 10.8. The van der Waals surface area contributed by atoms with E-state index in [1.165, 1.54) is 0 Å². The quantitative estimate of drug-likeness (QED) is 0.422. The number of fused-ring (bicyclic) bond motifs is 3. The van der Waals surface area contributed by atoms with Crippen LogP contribution in [0.2, 0.25) is 5.02 Å². The number of hydrogen-bond donors (Lipinski definition) is 1. The Morgan fingerprint density at radius 1 is 1.00 bits per heavy atom. The summed E-state index contributed by atoms with van der Waals surface area (Å²) in [4.78, 5) is 4.46. The number of nitrogens with one attached hydrogen (secondary N) is 1. The van der Waals surface area contributed by atoms with Crippen LogP contribution in [-0.4, -0.2) is 29.0 Å². The van der Waals surface area contributed by atoms with Crippen molar-refractivity contribution in [2.45, 2.75) is 12.1 Å². The zero-order valence-corrected chi connectivity index (χ0v) is 19.3. The highest BCUT2D eigenvalue weighted by atomic mass is 35.5. The van der Waals surface area contributed by atoms with Crippen molar-refractivity contribution in [1.82, 2.24) is 14.8 Å². The van der Waals surface area contributed by atoms with E-state index in [-0.39, 0.29) is 6.04 Å². The number of rotatable bonds is 4. The minimum absolute atomic E-state index is 0.251. The molecule has 0 amide bonds. The number of hydrogen-bond acceptors (Lipinski definition) is 6. The average Bonchev–Trinajstić information content (AvgIpc) is 3.35. The van der Waals surface area contributed by atoms with E-state index in [0.29, 0.717) is 22.5 Å². The monoisotopic (exact) mass is 472 g/mol. The van der Waals surface area contributed by atoms with E-state index >= 15 is 0 Å². The molecule has 8 heteroatoms. The standard InChI is InChI=1S/C26H21ClN4O3/c1-32-17-9-10-18(21(13-17)33-2)25-22-23(19-12-16(27)8-11-20(19)34-25)30-26-28-14-29-31(26)24(22)15-6-4-3-5-7-15/h3-14,24-25H,1-2H3,(H,28,29,30). The van der Waals surface area contributed by atoms with E-state index in [4.69, 9.17) is 25.8 Å². The molecule has 0 bridgehead atoms. The van der Waals surface area contributed by atoms with Gasteiger partial charge in [0.1, 0.15) is 29.6 Å². The van der Waals surface area contributed by atoms with Crippen molar-refractivity contribution in [3.63, 3.8) is 0 Å². The highest BCUT2D eigenvalue weighted by molar-refractivity contribution is 6.30. The van der Waals surface area contributed by atoms with Gasteiger partial charge in [-0.3, -0.25) is 0 Å². The molecule has 34 heavy (non-hydrogen) atoms. The number of methoxy groups -OCH3 is 2. The molecule has 170 valence electrons. The van der Waals surface area contributed by atoms with Crippen LogP contribution in [0.1, 0.15) is 28.8 Å². The zero-order valence-electron chi connectivity index (χ0n) is 18.5.